The van der Waals surface area contributed by atoms with Crippen molar-refractivity contribution >= 4 is 5.97 Å². The molecule has 0 saturated carbocycles. The molecule has 1 N–H and O–H groups in total. The van der Waals surface area contributed by atoms with Crippen molar-refractivity contribution < 1.29 is 9.90 Å². The lowest BCUT2D eigenvalue weighted by atomic mass is 9.73. The molecule has 2 unspecified atom stereocenters. The van der Waals surface area contributed by atoms with E-state index in [2.05, 4.69) is 13.0 Å². The lowest BCUT2D eigenvalue weighted by Gasteiger charge is -2.30. The Morgan fingerprint density at radius 2 is 2.21 bits per heavy atom. The molecule has 14 heavy (non-hydrogen) atoms. The monoisotopic (exact) mass is 194 g/mol. The number of aliphatic carboxylic acids is 1. The van der Waals surface area contributed by atoms with Gasteiger partial charge in [-0.15, -0.1) is 0 Å². The van der Waals surface area contributed by atoms with Crippen LogP contribution < -0.4 is 0 Å². The molecule has 0 radical (unpaired) electrons. The van der Waals surface area contributed by atoms with Crippen molar-refractivity contribution in [2.45, 2.75) is 33.6 Å². The van der Waals surface area contributed by atoms with E-state index in [-0.39, 0.29) is 0 Å². The predicted molar refractivity (Wildman–Crippen MR) is 57.0 cm³/mol. The average Bonchev–Trinajstić information content (AvgIpc) is 2.17. The van der Waals surface area contributed by atoms with E-state index in [9.17, 15) is 9.90 Å². The zero-order valence-electron chi connectivity index (χ0n) is 9.08. The Bertz CT molecular complexity index is 289. The molecule has 0 aliphatic heterocycles. The first-order valence-electron chi connectivity index (χ1n) is 5.18. The molecule has 0 spiro atoms. The fourth-order valence-electron chi connectivity index (χ4n) is 1.99. The number of allylic oxidation sites excluding steroid dienone is 2. The summed E-state index contributed by atoms with van der Waals surface area (Å²) in [4.78, 5) is 11.2. The Morgan fingerprint density at radius 3 is 2.57 bits per heavy atom. The van der Waals surface area contributed by atoms with Gasteiger partial charge in [-0.25, -0.2) is 0 Å². The van der Waals surface area contributed by atoms with Gasteiger partial charge >= 0.3 is 5.97 Å². The summed E-state index contributed by atoms with van der Waals surface area (Å²) in [6, 6.07) is 0. The summed E-state index contributed by atoms with van der Waals surface area (Å²) in [6.45, 7) is 5.95. The van der Waals surface area contributed by atoms with Gasteiger partial charge in [0.1, 0.15) is 5.41 Å². The Morgan fingerprint density at radius 1 is 1.57 bits per heavy atom. The molecular formula is C12H18O2. The van der Waals surface area contributed by atoms with Gasteiger partial charge in [0.15, 0.2) is 0 Å². The van der Waals surface area contributed by atoms with E-state index in [4.69, 9.17) is 0 Å². The summed E-state index contributed by atoms with van der Waals surface area (Å²) in [7, 11) is 0. The molecule has 0 aromatic rings. The standard InChI is InChI=1S/C12H18O2/c1-4-10-6-7-12(5-2,11(13)14)9(3)8-10/h6-8,10H,4-5H2,1-3H3,(H,13,14). The molecule has 78 valence electrons. The maximum Gasteiger partial charge on any atom is 0.317 e. The smallest absolute Gasteiger partial charge is 0.317 e. The minimum Gasteiger partial charge on any atom is -0.480 e. The minimum absolute atomic E-state index is 0.411. The maximum atomic E-state index is 11.2. The summed E-state index contributed by atoms with van der Waals surface area (Å²) in [6.07, 6.45) is 7.62. The van der Waals surface area contributed by atoms with Crippen molar-refractivity contribution in [3.8, 4) is 0 Å². The molecule has 0 bridgehead atoms. The molecular weight excluding hydrogens is 176 g/mol. The van der Waals surface area contributed by atoms with Crippen LogP contribution in [0.3, 0.4) is 0 Å². The third-order valence-corrected chi connectivity index (χ3v) is 3.21. The second kappa shape index (κ2) is 3.99. The van der Waals surface area contributed by atoms with Gasteiger partial charge in [0.25, 0.3) is 0 Å². The van der Waals surface area contributed by atoms with Gasteiger partial charge in [0, 0.05) is 0 Å². The SMILES string of the molecule is CCC1C=CC(CC)(C(=O)O)C(C)=C1. The van der Waals surface area contributed by atoms with E-state index in [0.717, 1.165) is 12.0 Å². The number of carboxylic acids is 1. The quantitative estimate of drug-likeness (QED) is 0.701. The first kappa shape index (κ1) is 11.0. The van der Waals surface area contributed by atoms with Crippen LogP contribution in [0.15, 0.2) is 23.8 Å². The molecule has 0 heterocycles. The van der Waals surface area contributed by atoms with Crippen LogP contribution in [0, 0.1) is 11.3 Å². The van der Waals surface area contributed by atoms with Crippen molar-refractivity contribution in [3.05, 3.63) is 23.8 Å². The van der Waals surface area contributed by atoms with Gasteiger partial charge < -0.3 is 5.11 Å². The average molecular weight is 194 g/mol. The third kappa shape index (κ3) is 1.61. The molecule has 2 heteroatoms. The van der Waals surface area contributed by atoms with Gasteiger partial charge in [0.2, 0.25) is 0 Å². The highest BCUT2D eigenvalue weighted by Gasteiger charge is 2.37. The summed E-state index contributed by atoms with van der Waals surface area (Å²) in [5.41, 5.74) is 0.230. The predicted octanol–water partition coefficient (Wildman–Crippen LogP) is 3.01. The summed E-state index contributed by atoms with van der Waals surface area (Å²) in [5.74, 6) is -0.325. The van der Waals surface area contributed by atoms with E-state index in [1.807, 2.05) is 26.0 Å². The first-order chi connectivity index (χ1) is 6.56. The van der Waals surface area contributed by atoms with Crippen molar-refractivity contribution in [2.75, 3.05) is 0 Å². The van der Waals surface area contributed by atoms with Crippen LogP contribution in [0.1, 0.15) is 33.6 Å². The van der Waals surface area contributed by atoms with Crippen LogP contribution in [0.25, 0.3) is 0 Å². The van der Waals surface area contributed by atoms with Crippen LogP contribution in [-0.4, -0.2) is 11.1 Å². The zero-order chi connectivity index (χ0) is 10.8. The summed E-state index contributed by atoms with van der Waals surface area (Å²) >= 11 is 0. The van der Waals surface area contributed by atoms with E-state index in [1.165, 1.54) is 0 Å². The van der Waals surface area contributed by atoms with Crippen LogP contribution in [-0.2, 0) is 4.79 Å². The van der Waals surface area contributed by atoms with Gasteiger partial charge in [-0.2, -0.15) is 0 Å². The Kier molecular flexibility index (Phi) is 3.14. The maximum absolute atomic E-state index is 11.2. The van der Waals surface area contributed by atoms with Crippen LogP contribution >= 0.6 is 0 Å². The second-order valence-electron chi connectivity index (χ2n) is 3.91. The van der Waals surface area contributed by atoms with E-state index in [1.54, 1.807) is 0 Å². The zero-order valence-corrected chi connectivity index (χ0v) is 9.08. The molecule has 0 aromatic heterocycles. The largest absolute Gasteiger partial charge is 0.480 e. The number of hydrogen-bond acceptors (Lipinski definition) is 1. The molecule has 0 saturated heterocycles. The van der Waals surface area contributed by atoms with Crippen LogP contribution in [0.5, 0.6) is 0 Å². The first-order valence-corrected chi connectivity index (χ1v) is 5.18. The Labute approximate surface area is 85.3 Å². The highest BCUT2D eigenvalue weighted by molar-refractivity contribution is 5.81. The number of carbonyl (C=O) groups is 1. The van der Waals surface area contributed by atoms with Crippen molar-refractivity contribution in [2.24, 2.45) is 11.3 Å². The Balaban J connectivity index is 3.03. The lowest BCUT2D eigenvalue weighted by Crippen LogP contribution is -2.31. The van der Waals surface area contributed by atoms with E-state index in [0.29, 0.717) is 12.3 Å². The molecule has 0 aromatic carbocycles. The van der Waals surface area contributed by atoms with Gasteiger partial charge in [-0.1, -0.05) is 37.6 Å². The van der Waals surface area contributed by atoms with E-state index < -0.39 is 11.4 Å². The normalized spacial score (nSPS) is 31.4. The fourth-order valence-corrected chi connectivity index (χ4v) is 1.99. The molecule has 0 fully saturated rings. The number of rotatable bonds is 3. The molecule has 2 atom stereocenters. The van der Waals surface area contributed by atoms with Crippen molar-refractivity contribution in [1.82, 2.24) is 0 Å². The fraction of sp³-hybridized carbons (Fsp3) is 0.583. The highest BCUT2D eigenvalue weighted by atomic mass is 16.4. The molecule has 1 rings (SSSR count). The van der Waals surface area contributed by atoms with Crippen molar-refractivity contribution in [1.29, 1.82) is 0 Å². The molecule has 0 amide bonds. The third-order valence-electron chi connectivity index (χ3n) is 3.21. The Hall–Kier alpha value is -1.05. The summed E-state index contributed by atoms with van der Waals surface area (Å²) < 4.78 is 0. The number of carboxylic acid groups (broad SMARTS) is 1. The van der Waals surface area contributed by atoms with Gasteiger partial charge in [0.05, 0.1) is 0 Å². The van der Waals surface area contributed by atoms with Gasteiger partial charge in [-0.3, -0.25) is 4.79 Å². The van der Waals surface area contributed by atoms with E-state index >= 15 is 0 Å². The molecule has 1 aliphatic rings. The molecule has 2 nitrogen and oxygen atoms in total. The lowest BCUT2D eigenvalue weighted by molar-refractivity contribution is -0.144. The topological polar surface area (TPSA) is 37.3 Å². The second-order valence-corrected chi connectivity index (χ2v) is 3.91. The van der Waals surface area contributed by atoms with Crippen molar-refractivity contribution in [3.63, 3.8) is 0 Å². The highest BCUT2D eigenvalue weighted by Crippen LogP contribution is 2.38. The number of hydrogen-bond donors (Lipinski definition) is 1. The van der Waals surface area contributed by atoms with Crippen LogP contribution in [0.2, 0.25) is 0 Å². The minimum atomic E-state index is -0.744. The van der Waals surface area contributed by atoms with Gasteiger partial charge in [-0.05, 0) is 25.7 Å². The van der Waals surface area contributed by atoms with Crippen LogP contribution in [0.4, 0.5) is 0 Å². The molecule has 1 aliphatic carbocycles. The summed E-state index contributed by atoms with van der Waals surface area (Å²) in [5, 5.41) is 9.23.